The van der Waals surface area contributed by atoms with E-state index in [1.54, 1.807) is 25.1 Å². The normalized spacial score (nSPS) is 22.6. The van der Waals surface area contributed by atoms with E-state index in [4.69, 9.17) is 11.6 Å². The molecule has 0 radical (unpaired) electrons. The molecule has 1 atom stereocenters. The number of hydrogen-bond acceptors (Lipinski definition) is 2. The first-order valence-corrected chi connectivity index (χ1v) is 7.05. The summed E-state index contributed by atoms with van der Waals surface area (Å²) in [6, 6.07) is 5.08. The molecular weight excluding hydrogens is 278 g/mol. The summed E-state index contributed by atoms with van der Waals surface area (Å²) in [4.78, 5) is 25.6. The minimum Gasteiger partial charge on any atom is -0.480 e. The molecule has 1 saturated heterocycles. The lowest BCUT2D eigenvalue weighted by atomic mass is 9.88. The van der Waals surface area contributed by atoms with E-state index in [1.807, 2.05) is 6.92 Å². The van der Waals surface area contributed by atoms with Gasteiger partial charge in [0.25, 0.3) is 5.91 Å². The van der Waals surface area contributed by atoms with Crippen LogP contribution in [0, 0.1) is 6.92 Å². The van der Waals surface area contributed by atoms with Gasteiger partial charge in [0.15, 0.2) is 0 Å². The van der Waals surface area contributed by atoms with Crippen molar-refractivity contribution in [1.29, 1.82) is 0 Å². The van der Waals surface area contributed by atoms with Gasteiger partial charge in [-0.15, -0.1) is 0 Å². The van der Waals surface area contributed by atoms with E-state index in [2.05, 4.69) is 0 Å². The van der Waals surface area contributed by atoms with Crippen LogP contribution in [0.5, 0.6) is 0 Å². The molecule has 0 aromatic heterocycles. The van der Waals surface area contributed by atoms with Crippen LogP contribution in [0.2, 0.25) is 5.02 Å². The predicted octanol–water partition coefficient (Wildman–Crippen LogP) is 3.12. The molecule has 2 rings (SSSR count). The highest BCUT2D eigenvalue weighted by molar-refractivity contribution is 6.31. The maximum atomic E-state index is 12.6. The molecular formula is C15H18ClNO3. The van der Waals surface area contributed by atoms with E-state index in [0.29, 0.717) is 23.6 Å². The Morgan fingerprint density at radius 1 is 1.35 bits per heavy atom. The summed E-state index contributed by atoms with van der Waals surface area (Å²) in [5, 5.41) is 9.96. The molecule has 1 amide bonds. The zero-order valence-electron chi connectivity index (χ0n) is 11.6. The van der Waals surface area contributed by atoms with Crippen LogP contribution in [0.15, 0.2) is 18.2 Å². The second kappa shape index (κ2) is 5.44. The number of amides is 1. The van der Waals surface area contributed by atoms with Gasteiger partial charge in [-0.3, -0.25) is 4.79 Å². The molecule has 4 nitrogen and oxygen atoms in total. The number of likely N-dealkylation sites (tertiary alicyclic amines) is 1. The first-order chi connectivity index (χ1) is 9.36. The summed E-state index contributed by atoms with van der Waals surface area (Å²) in [7, 11) is 0. The Kier molecular flexibility index (Phi) is 4.04. The lowest BCUT2D eigenvalue weighted by Crippen LogP contribution is -2.57. The SMILES string of the molecule is Cc1ccc(C(=O)N2CCCCC2(C)C(=O)O)cc1Cl. The molecule has 1 unspecified atom stereocenters. The molecule has 1 aromatic carbocycles. The highest BCUT2D eigenvalue weighted by Gasteiger charge is 2.44. The van der Waals surface area contributed by atoms with Crippen molar-refractivity contribution in [3.05, 3.63) is 34.3 Å². The van der Waals surface area contributed by atoms with Crippen LogP contribution < -0.4 is 0 Å². The van der Waals surface area contributed by atoms with E-state index in [0.717, 1.165) is 18.4 Å². The maximum Gasteiger partial charge on any atom is 0.329 e. The Balaban J connectivity index is 2.35. The van der Waals surface area contributed by atoms with Gasteiger partial charge in [-0.2, -0.15) is 0 Å². The van der Waals surface area contributed by atoms with Gasteiger partial charge in [-0.05, 0) is 50.8 Å². The van der Waals surface area contributed by atoms with Crippen LogP contribution in [0.1, 0.15) is 42.1 Å². The van der Waals surface area contributed by atoms with Gasteiger partial charge in [0.2, 0.25) is 0 Å². The number of rotatable bonds is 2. The summed E-state index contributed by atoms with van der Waals surface area (Å²) in [6.07, 6.45) is 2.13. The molecule has 0 aliphatic carbocycles. The van der Waals surface area contributed by atoms with Gasteiger partial charge in [-0.1, -0.05) is 17.7 Å². The minimum atomic E-state index is -1.13. The number of nitrogens with zero attached hydrogens (tertiary/aromatic N) is 1. The molecule has 1 fully saturated rings. The van der Waals surface area contributed by atoms with Crippen LogP contribution in [-0.4, -0.2) is 34.0 Å². The van der Waals surface area contributed by atoms with E-state index in [-0.39, 0.29) is 5.91 Å². The second-order valence-corrected chi connectivity index (χ2v) is 5.86. The molecule has 1 heterocycles. The zero-order valence-corrected chi connectivity index (χ0v) is 12.4. The third-order valence-corrected chi connectivity index (χ3v) is 4.42. The van der Waals surface area contributed by atoms with Crippen LogP contribution in [0.4, 0.5) is 0 Å². The number of carbonyl (C=O) groups is 2. The van der Waals surface area contributed by atoms with Crippen molar-refractivity contribution in [3.63, 3.8) is 0 Å². The Labute approximate surface area is 123 Å². The third-order valence-electron chi connectivity index (χ3n) is 4.02. The van der Waals surface area contributed by atoms with Gasteiger partial charge in [0.1, 0.15) is 5.54 Å². The first kappa shape index (κ1) is 14.9. The van der Waals surface area contributed by atoms with Crippen molar-refractivity contribution >= 4 is 23.5 Å². The Morgan fingerprint density at radius 3 is 2.65 bits per heavy atom. The van der Waals surface area contributed by atoms with Crippen molar-refractivity contribution < 1.29 is 14.7 Å². The number of halogens is 1. The van der Waals surface area contributed by atoms with Gasteiger partial charge in [0.05, 0.1) is 0 Å². The molecule has 0 spiro atoms. The molecule has 20 heavy (non-hydrogen) atoms. The number of piperidine rings is 1. The standard InChI is InChI=1S/C15H18ClNO3/c1-10-5-6-11(9-12(10)16)13(18)17-8-4-3-7-15(17,2)14(19)20/h5-6,9H,3-4,7-8H2,1-2H3,(H,19,20). The number of hydrogen-bond donors (Lipinski definition) is 1. The number of aliphatic carboxylic acids is 1. The first-order valence-electron chi connectivity index (χ1n) is 6.68. The minimum absolute atomic E-state index is 0.267. The fourth-order valence-electron chi connectivity index (χ4n) is 2.55. The molecule has 0 saturated carbocycles. The Bertz CT molecular complexity index is 558. The second-order valence-electron chi connectivity index (χ2n) is 5.46. The smallest absolute Gasteiger partial charge is 0.329 e. The highest BCUT2D eigenvalue weighted by Crippen LogP contribution is 2.30. The molecule has 1 aromatic rings. The van der Waals surface area contributed by atoms with Crippen molar-refractivity contribution in [1.82, 2.24) is 4.90 Å². The molecule has 1 aliphatic rings. The van der Waals surface area contributed by atoms with E-state index >= 15 is 0 Å². The third kappa shape index (κ3) is 2.52. The van der Waals surface area contributed by atoms with Gasteiger partial charge in [0, 0.05) is 17.1 Å². The molecule has 1 aliphatic heterocycles. The highest BCUT2D eigenvalue weighted by atomic mass is 35.5. The summed E-state index contributed by atoms with van der Waals surface area (Å²) < 4.78 is 0. The number of carbonyl (C=O) groups excluding carboxylic acids is 1. The lowest BCUT2D eigenvalue weighted by molar-refractivity contribution is -0.150. The van der Waals surface area contributed by atoms with Gasteiger partial charge in [-0.25, -0.2) is 4.79 Å². The summed E-state index contributed by atoms with van der Waals surface area (Å²) in [5.74, 6) is -1.22. The van der Waals surface area contributed by atoms with Gasteiger partial charge >= 0.3 is 5.97 Å². The van der Waals surface area contributed by atoms with Crippen LogP contribution in [-0.2, 0) is 4.79 Å². The summed E-state index contributed by atoms with van der Waals surface area (Å²) in [6.45, 7) is 3.94. The average molecular weight is 296 g/mol. The number of carboxylic acids is 1. The molecule has 108 valence electrons. The van der Waals surface area contributed by atoms with Crippen molar-refractivity contribution in [2.75, 3.05) is 6.54 Å². The topological polar surface area (TPSA) is 57.6 Å². The van der Waals surface area contributed by atoms with E-state index in [1.165, 1.54) is 4.90 Å². The fraction of sp³-hybridized carbons (Fsp3) is 0.467. The Hall–Kier alpha value is -1.55. The monoisotopic (exact) mass is 295 g/mol. The van der Waals surface area contributed by atoms with E-state index < -0.39 is 11.5 Å². The molecule has 5 heteroatoms. The summed E-state index contributed by atoms with van der Waals surface area (Å²) >= 11 is 6.04. The number of benzene rings is 1. The van der Waals surface area contributed by atoms with Crippen molar-refractivity contribution in [2.45, 2.75) is 38.6 Å². The summed E-state index contributed by atoms with van der Waals surface area (Å²) in [5.41, 5.74) is 0.199. The molecule has 0 bridgehead atoms. The van der Waals surface area contributed by atoms with Crippen molar-refractivity contribution in [3.8, 4) is 0 Å². The lowest BCUT2D eigenvalue weighted by Gasteiger charge is -2.41. The predicted molar refractivity (Wildman–Crippen MR) is 77.1 cm³/mol. The fourth-order valence-corrected chi connectivity index (χ4v) is 2.73. The number of carboxylic acid groups (broad SMARTS) is 1. The van der Waals surface area contributed by atoms with Gasteiger partial charge < -0.3 is 10.0 Å². The van der Waals surface area contributed by atoms with Crippen LogP contribution >= 0.6 is 11.6 Å². The van der Waals surface area contributed by atoms with Crippen LogP contribution in [0.3, 0.4) is 0 Å². The quantitative estimate of drug-likeness (QED) is 0.912. The molecule has 1 N–H and O–H groups in total. The van der Waals surface area contributed by atoms with Crippen LogP contribution in [0.25, 0.3) is 0 Å². The maximum absolute atomic E-state index is 12.6. The largest absolute Gasteiger partial charge is 0.480 e. The number of aryl methyl sites for hydroxylation is 1. The average Bonchev–Trinajstić information content (AvgIpc) is 2.41. The zero-order chi connectivity index (χ0) is 14.9. The van der Waals surface area contributed by atoms with Crippen molar-refractivity contribution in [2.24, 2.45) is 0 Å². The van der Waals surface area contributed by atoms with E-state index in [9.17, 15) is 14.7 Å². The Morgan fingerprint density at radius 2 is 2.05 bits per heavy atom.